The van der Waals surface area contributed by atoms with Gasteiger partial charge in [-0.1, -0.05) is 0 Å². The highest BCUT2D eigenvalue weighted by atomic mass is 16.4. The molecule has 19 heavy (non-hydrogen) atoms. The van der Waals surface area contributed by atoms with E-state index in [2.05, 4.69) is 15.3 Å². The standard InChI is InChI=1S/C11H14N4O4/c1-6-13-5-4-7(14-6)10(17)15-8(11(18)19)2-3-9(12)16/h4-5,8H,2-3H2,1H3,(H2,12,16)(H,15,17)(H,18,19)/t8-/m0/s1. The number of rotatable bonds is 6. The molecule has 0 radical (unpaired) electrons. The van der Waals surface area contributed by atoms with E-state index in [1.807, 2.05) is 0 Å². The minimum absolute atomic E-state index is 0.0674. The molecular weight excluding hydrogens is 252 g/mol. The number of carboxylic acids is 1. The molecule has 102 valence electrons. The number of carbonyl (C=O) groups is 3. The molecule has 4 N–H and O–H groups in total. The van der Waals surface area contributed by atoms with E-state index < -0.39 is 23.8 Å². The number of amides is 2. The molecule has 0 aliphatic heterocycles. The van der Waals surface area contributed by atoms with Crippen LogP contribution in [0.15, 0.2) is 12.3 Å². The van der Waals surface area contributed by atoms with Crippen LogP contribution in [0.1, 0.15) is 29.2 Å². The summed E-state index contributed by atoms with van der Waals surface area (Å²) in [6.45, 7) is 1.61. The molecule has 0 saturated heterocycles. The third-order valence-corrected chi connectivity index (χ3v) is 2.29. The second-order valence-corrected chi connectivity index (χ2v) is 3.86. The Kier molecular flexibility index (Phi) is 4.92. The summed E-state index contributed by atoms with van der Waals surface area (Å²) in [7, 11) is 0. The van der Waals surface area contributed by atoms with Crippen LogP contribution in [0.25, 0.3) is 0 Å². The van der Waals surface area contributed by atoms with Gasteiger partial charge in [0.25, 0.3) is 5.91 Å². The number of primary amides is 1. The SMILES string of the molecule is Cc1nccc(C(=O)N[C@@H](CCC(N)=O)C(=O)O)n1. The van der Waals surface area contributed by atoms with Crippen LogP contribution in [-0.2, 0) is 9.59 Å². The summed E-state index contributed by atoms with van der Waals surface area (Å²) in [4.78, 5) is 41.0. The molecule has 0 bridgehead atoms. The lowest BCUT2D eigenvalue weighted by Crippen LogP contribution is -2.41. The average Bonchev–Trinajstić information content (AvgIpc) is 2.33. The molecule has 8 heteroatoms. The molecule has 0 fully saturated rings. The molecule has 0 spiro atoms. The lowest BCUT2D eigenvalue weighted by Gasteiger charge is -2.13. The minimum atomic E-state index is -1.24. The molecule has 8 nitrogen and oxygen atoms in total. The maximum atomic E-state index is 11.8. The summed E-state index contributed by atoms with van der Waals surface area (Å²) in [5, 5.41) is 11.2. The van der Waals surface area contributed by atoms with E-state index in [1.54, 1.807) is 6.92 Å². The predicted octanol–water partition coefficient (Wildman–Crippen LogP) is -0.766. The Morgan fingerprint density at radius 3 is 2.68 bits per heavy atom. The highest BCUT2D eigenvalue weighted by Crippen LogP contribution is 2.01. The van der Waals surface area contributed by atoms with E-state index in [0.29, 0.717) is 5.82 Å². The molecule has 1 aromatic rings. The smallest absolute Gasteiger partial charge is 0.326 e. The Labute approximate surface area is 109 Å². The first kappa shape index (κ1) is 14.6. The maximum absolute atomic E-state index is 11.8. The van der Waals surface area contributed by atoms with Crippen LogP contribution in [-0.4, -0.2) is 38.9 Å². The molecule has 1 heterocycles. The zero-order valence-corrected chi connectivity index (χ0v) is 10.3. The van der Waals surface area contributed by atoms with Crippen molar-refractivity contribution in [2.24, 2.45) is 5.73 Å². The third-order valence-electron chi connectivity index (χ3n) is 2.29. The number of carboxylic acid groups (broad SMARTS) is 1. The molecule has 1 atom stereocenters. The summed E-state index contributed by atoms with van der Waals surface area (Å²) in [6, 6.07) is 0.185. The van der Waals surface area contributed by atoms with E-state index in [9.17, 15) is 14.4 Å². The van der Waals surface area contributed by atoms with E-state index in [0.717, 1.165) is 0 Å². The van der Waals surface area contributed by atoms with Gasteiger partial charge in [0.15, 0.2) is 0 Å². The average molecular weight is 266 g/mol. The molecule has 0 aliphatic carbocycles. The Hall–Kier alpha value is -2.51. The zero-order chi connectivity index (χ0) is 14.4. The Morgan fingerprint density at radius 2 is 2.16 bits per heavy atom. The van der Waals surface area contributed by atoms with Crippen LogP contribution in [0.2, 0.25) is 0 Å². The monoisotopic (exact) mass is 266 g/mol. The normalized spacial score (nSPS) is 11.6. The number of hydrogen-bond donors (Lipinski definition) is 3. The molecule has 0 saturated carbocycles. The number of aromatic nitrogens is 2. The van der Waals surface area contributed by atoms with E-state index >= 15 is 0 Å². The largest absolute Gasteiger partial charge is 0.480 e. The van der Waals surface area contributed by atoms with Crippen molar-refractivity contribution < 1.29 is 19.5 Å². The third kappa shape index (κ3) is 4.70. The van der Waals surface area contributed by atoms with Crippen LogP contribution in [0.3, 0.4) is 0 Å². The van der Waals surface area contributed by atoms with Crippen LogP contribution >= 0.6 is 0 Å². The number of hydrogen-bond acceptors (Lipinski definition) is 5. The lowest BCUT2D eigenvalue weighted by atomic mass is 10.1. The number of nitrogens with one attached hydrogen (secondary N) is 1. The van der Waals surface area contributed by atoms with Crippen molar-refractivity contribution in [1.29, 1.82) is 0 Å². The first-order valence-electron chi connectivity index (χ1n) is 5.51. The first-order chi connectivity index (χ1) is 8.90. The molecule has 1 aromatic heterocycles. The van der Waals surface area contributed by atoms with E-state index in [4.69, 9.17) is 10.8 Å². The van der Waals surface area contributed by atoms with Crippen molar-refractivity contribution in [2.45, 2.75) is 25.8 Å². The van der Waals surface area contributed by atoms with Crippen molar-refractivity contribution in [2.75, 3.05) is 0 Å². The van der Waals surface area contributed by atoms with Crippen molar-refractivity contribution in [3.8, 4) is 0 Å². The molecule has 0 aromatic carbocycles. The molecular formula is C11H14N4O4. The summed E-state index contributed by atoms with van der Waals surface area (Å²) in [6.07, 6.45) is 1.21. The maximum Gasteiger partial charge on any atom is 0.326 e. The van der Waals surface area contributed by atoms with Gasteiger partial charge < -0.3 is 16.2 Å². The van der Waals surface area contributed by atoms with Crippen LogP contribution in [0.5, 0.6) is 0 Å². The van der Waals surface area contributed by atoms with Crippen molar-refractivity contribution in [1.82, 2.24) is 15.3 Å². The molecule has 2 amide bonds. The van der Waals surface area contributed by atoms with Crippen molar-refractivity contribution >= 4 is 17.8 Å². The van der Waals surface area contributed by atoms with Crippen molar-refractivity contribution in [3.63, 3.8) is 0 Å². The van der Waals surface area contributed by atoms with Gasteiger partial charge in [-0.3, -0.25) is 9.59 Å². The van der Waals surface area contributed by atoms with Gasteiger partial charge in [-0.05, 0) is 19.4 Å². The number of carbonyl (C=O) groups excluding carboxylic acids is 2. The first-order valence-corrected chi connectivity index (χ1v) is 5.51. The van der Waals surface area contributed by atoms with Gasteiger partial charge >= 0.3 is 5.97 Å². The highest BCUT2D eigenvalue weighted by Gasteiger charge is 2.21. The number of aliphatic carboxylic acids is 1. The quantitative estimate of drug-likeness (QED) is 0.618. The van der Waals surface area contributed by atoms with E-state index in [-0.39, 0.29) is 18.5 Å². The van der Waals surface area contributed by atoms with Gasteiger partial charge in [-0.2, -0.15) is 0 Å². The second-order valence-electron chi connectivity index (χ2n) is 3.86. The highest BCUT2D eigenvalue weighted by molar-refractivity contribution is 5.95. The van der Waals surface area contributed by atoms with Gasteiger partial charge in [0, 0.05) is 12.6 Å². The van der Waals surface area contributed by atoms with Crippen molar-refractivity contribution in [3.05, 3.63) is 23.8 Å². The molecule has 1 rings (SSSR count). The van der Waals surface area contributed by atoms with Gasteiger partial charge in [-0.15, -0.1) is 0 Å². The summed E-state index contributed by atoms with van der Waals surface area (Å²) >= 11 is 0. The minimum Gasteiger partial charge on any atom is -0.480 e. The fourth-order valence-electron chi connectivity index (χ4n) is 1.36. The van der Waals surface area contributed by atoms with E-state index in [1.165, 1.54) is 12.3 Å². The number of nitrogens with zero attached hydrogens (tertiary/aromatic N) is 2. The summed E-state index contributed by atoms with van der Waals surface area (Å²) in [5.41, 5.74) is 5.00. The fraction of sp³-hybridized carbons (Fsp3) is 0.364. The summed E-state index contributed by atoms with van der Waals surface area (Å²) in [5.74, 6) is -2.10. The lowest BCUT2D eigenvalue weighted by molar-refractivity contribution is -0.139. The van der Waals surface area contributed by atoms with Gasteiger partial charge in [0.2, 0.25) is 5.91 Å². The Bertz CT molecular complexity index is 503. The van der Waals surface area contributed by atoms with Crippen LogP contribution in [0.4, 0.5) is 0 Å². The summed E-state index contributed by atoms with van der Waals surface area (Å²) < 4.78 is 0. The Balaban J connectivity index is 2.71. The van der Waals surface area contributed by atoms with Crippen LogP contribution < -0.4 is 11.1 Å². The van der Waals surface area contributed by atoms with Crippen LogP contribution in [0, 0.1) is 6.92 Å². The Morgan fingerprint density at radius 1 is 1.47 bits per heavy atom. The second kappa shape index (κ2) is 6.43. The fourth-order valence-corrected chi connectivity index (χ4v) is 1.36. The van der Waals surface area contributed by atoms with Gasteiger partial charge in [0.05, 0.1) is 0 Å². The molecule has 0 aliphatic rings. The number of nitrogens with two attached hydrogens (primary N) is 1. The number of aryl methyl sites for hydroxylation is 1. The predicted molar refractivity (Wildman–Crippen MR) is 64.1 cm³/mol. The topological polar surface area (TPSA) is 135 Å². The zero-order valence-electron chi connectivity index (χ0n) is 10.3. The van der Waals surface area contributed by atoms with Gasteiger partial charge in [0.1, 0.15) is 17.6 Å². The van der Waals surface area contributed by atoms with Gasteiger partial charge in [-0.25, -0.2) is 14.8 Å². The molecule has 0 unspecified atom stereocenters.